The van der Waals surface area contributed by atoms with E-state index in [1.807, 2.05) is 29.0 Å². The summed E-state index contributed by atoms with van der Waals surface area (Å²) < 4.78 is 0. The van der Waals surface area contributed by atoms with Gasteiger partial charge in [-0.25, -0.2) is 4.98 Å². The fourth-order valence-corrected chi connectivity index (χ4v) is 4.22. The fourth-order valence-electron chi connectivity index (χ4n) is 2.05. The number of hydrogen-bond donors (Lipinski definition) is 0. The number of pyridine rings is 1. The molecule has 21 heavy (non-hydrogen) atoms. The summed E-state index contributed by atoms with van der Waals surface area (Å²) in [6.45, 7) is 2.08. The standard InChI is InChI=1S/C16H12N2S3/c1-2-19-16-12(10-17)11(14-5-3-7-20-14)9-13(18-16)15-6-4-8-21-15/h3-9H,2H2,1H3. The molecule has 0 atom stereocenters. The third-order valence-corrected chi connectivity index (χ3v) is 5.59. The van der Waals surface area contributed by atoms with Gasteiger partial charge in [-0.1, -0.05) is 19.1 Å². The van der Waals surface area contributed by atoms with Crippen LogP contribution >= 0.6 is 34.4 Å². The van der Waals surface area contributed by atoms with Gasteiger partial charge in [0.25, 0.3) is 0 Å². The predicted molar refractivity (Wildman–Crippen MR) is 92.0 cm³/mol. The topological polar surface area (TPSA) is 36.7 Å². The largest absolute Gasteiger partial charge is 0.239 e. The first-order chi connectivity index (χ1) is 10.3. The monoisotopic (exact) mass is 328 g/mol. The van der Waals surface area contributed by atoms with Gasteiger partial charge in [-0.3, -0.25) is 0 Å². The molecule has 0 saturated carbocycles. The SMILES string of the molecule is CCSc1nc(-c2cccs2)cc(-c2cccs2)c1C#N. The number of thioether (sulfide) groups is 1. The van der Waals surface area contributed by atoms with Crippen LogP contribution in [0.15, 0.2) is 46.1 Å². The van der Waals surface area contributed by atoms with Gasteiger partial charge in [0.2, 0.25) is 0 Å². The predicted octanol–water partition coefficient (Wildman–Crippen LogP) is 5.52. The van der Waals surface area contributed by atoms with Gasteiger partial charge < -0.3 is 0 Å². The lowest BCUT2D eigenvalue weighted by Crippen LogP contribution is -1.94. The Balaban J connectivity index is 2.24. The number of rotatable bonds is 4. The lowest BCUT2D eigenvalue weighted by molar-refractivity contribution is 1.12. The number of nitriles is 1. The van der Waals surface area contributed by atoms with Gasteiger partial charge in [-0.15, -0.1) is 34.4 Å². The first kappa shape index (κ1) is 14.3. The molecule has 3 rings (SSSR count). The molecule has 2 nitrogen and oxygen atoms in total. The second-order valence-electron chi connectivity index (χ2n) is 4.23. The summed E-state index contributed by atoms with van der Waals surface area (Å²) in [5, 5.41) is 14.5. The molecule has 0 aliphatic heterocycles. The van der Waals surface area contributed by atoms with Gasteiger partial charge >= 0.3 is 0 Å². The Labute approximate surface area is 136 Å². The molecular formula is C16H12N2S3. The summed E-state index contributed by atoms with van der Waals surface area (Å²) in [5.74, 6) is 0.902. The Kier molecular flexibility index (Phi) is 4.39. The van der Waals surface area contributed by atoms with E-state index >= 15 is 0 Å². The summed E-state index contributed by atoms with van der Waals surface area (Å²) in [5.41, 5.74) is 2.62. The number of nitrogens with zero attached hydrogens (tertiary/aromatic N) is 2. The molecule has 0 fully saturated rings. The molecule has 5 heteroatoms. The van der Waals surface area contributed by atoms with Crippen molar-refractivity contribution in [2.24, 2.45) is 0 Å². The Hall–Kier alpha value is -1.61. The van der Waals surface area contributed by atoms with Crippen molar-refractivity contribution in [3.8, 4) is 27.1 Å². The smallest absolute Gasteiger partial charge is 0.115 e. The number of hydrogen-bond acceptors (Lipinski definition) is 5. The van der Waals surface area contributed by atoms with E-state index in [2.05, 4.69) is 25.1 Å². The van der Waals surface area contributed by atoms with Gasteiger partial charge in [0.1, 0.15) is 11.1 Å². The lowest BCUT2D eigenvalue weighted by atomic mass is 10.1. The molecule has 104 valence electrons. The normalized spacial score (nSPS) is 10.5. The van der Waals surface area contributed by atoms with Crippen molar-refractivity contribution in [1.29, 1.82) is 5.26 Å². The second-order valence-corrected chi connectivity index (χ2v) is 7.38. The summed E-state index contributed by atoms with van der Waals surface area (Å²) >= 11 is 4.95. The van der Waals surface area contributed by atoms with E-state index in [1.165, 1.54) is 0 Å². The van der Waals surface area contributed by atoms with Crippen LogP contribution < -0.4 is 0 Å². The molecule has 0 aromatic carbocycles. The van der Waals surface area contributed by atoms with Gasteiger partial charge in [0.15, 0.2) is 0 Å². The average Bonchev–Trinajstić information content (AvgIpc) is 3.20. The minimum absolute atomic E-state index is 0.685. The minimum Gasteiger partial charge on any atom is -0.239 e. The van der Waals surface area contributed by atoms with Crippen LogP contribution in [0.4, 0.5) is 0 Å². The third-order valence-electron chi connectivity index (χ3n) is 2.94. The van der Waals surface area contributed by atoms with Crippen LogP contribution in [0, 0.1) is 11.3 Å². The van der Waals surface area contributed by atoms with E-state index < -0.39 is 0 Å². The van der Waals surface area contributed by atoms with E-state index in [-0.39, 0.29) is 0 Å². The zero-order chi connectivity index (χ0) is 14.7. The Morgan fingerprint density at radius 1 is 1.19 bits per heavy atom. The highest BCUT2D eigenvalue weighted by molar-refractivity contribution is 7.99. The zero-order valence-electron chi connectivity index (χ0n) is 11.4. The van der Waals surface area contributed by atoms with Crippen molar-refractivity contribution in [2.45, 2.75) is 11.9 Å². The van der Waals surface area contributed by atoms with Crippen molar-refractivity contribution in [1.82, 2.24) is 4.98 Å². The van der Waals surface area contributed by atoms with Gasteiger partial charge in [-0.2, -0.15) is 5.26 Å². The number of thiophene rings is 2. The van der Waals surface area contributed by atoms with E-state index in [0.29, 0.717) is 5.56 Å². The van der Waals surface area contributed by atoms with Crippen LogP contribution in [0.3, 0.4) is 0 Å². The Morgan fingerprint density at radius 3 is 2.48 bits per heavy atom. The molecule has 0 unspecified atom stereocenters. The van der Waals surface area contributed by atoms with Crippen LogP contribution in [0.25, 0.3) is 21.0 Å². The summed E-state index contributed by atoms with van der Waals surface area (Å²) in [7, 11) is 0. The average molecular weight is 328 g/mol. The molecule has 3 heterocycles. The van der Waals surface area contributed by atoms with Gasteiger partial charge in [0.05, 0.1) is 16.1 Å². The molecule has 0 N–H and O–H groups in total. The molecule has 0 amide bonds. The molecule has 0 radical (unpaired) electrons. The summed E-state index contributed by atoms with van der Waals surface area (Å²) in [6, 6.07) is 12.5. The third kappa shape index (κ3) is 2.88. The first-order valence-corrected chi connectivity index (χ1v) is 9.23. The second kappa shape index (κ2) is 6.44. The quantitative estimate of drug-likeness (QED) is 0.591. The lowest BCUT2D eigenvalue weighted by Gasteiger charge is -2.09. The summed E-state index contributed by atoms with van der Waals surface area (Å²) in [4.78, 5) is 6.95. The van der Waals surface area contributed by atoms with E-state index in [0.717, 1.165) is 31.8 Å². The molecule has 0 aliphatic carbocycles. The first-order valence-electron chi connectivity index (χ1n) is 6.49. The van der Waals surface area contributed by atoms with E-state index in [9.17, 15) is 5.26 Å². The maximum Gasteiger partial charge on any atom is 0.115 e. The fraction of sp³-hybridized carbons (Fsp3) is 0.125. The molecule has 0 bridgehead atoms. The Bertz CT molecular complexity index is 769. The number of aromatic nitrogens is 1. The highest BCUT2D eigenvalue weighted by Gasteiger charge is 2.16. The van der Waals surface area contributed by atoms with Crippen molar-refractivity contribution in [3.05, 3.63) is 46.7 Å². The molecule has 3 aromatic rings. The van der Waals surface area contributed by atoms with Gasteiger partial charge in [0, 0.05) is 10.4 Å². The van der Waals surface area contributed by atoms with Crippen LogP contribution in [0.2, 0.25) is 0 Å². The highest BCUT2D eigenvalue weighted by atomic mass is 32.2. The van der Waals surface area contributed by atoms with Crippen molar-refractivity contribution >= 4 is 34.4 Å². The van der Waals surface area contributed by atoms with Crippen molar-refractivity contribution in [3.63, 3.8) is 0 Å². The van der Waals surface area contributed by atoms with Crippen molar-refractivity contribution < 1.29 is 0 Å². The van der Waals surface area contributed by atoms with E-state index in [4.69, 9.17) is 4.98 Å². The highest BCUT2D eigenvalue weighted by Crippen LogP contribution is 2.36. The van der Waals surface area contributed by atoms with Crippen LogP contribution in [-0.4, -0.2) is 10.7 Å². The van der Waals surface area contributed by atoms with Gasteiger partial charge in [-0.05, 0) is 34.7 Å². The van der Waals surface area contributed by atoms with E-state index in [1.54, 1.807) is 34.4 Å². The molecule has 0 saturated heterocycles. The minimum atomic E-state index is 0.685. The maximum atomic E-state index is 9.55. The van der Waals surface area contributed by atoms with Crippen LogP contribution in [-0.2, 0) is 0 Å². The maximum absolute atomic E-state index is 9.55. The molecule has 0 spiro atoms. The Morgan fingerprint density at radius 2 is 1.90 bits per heavy atom. The summed E-state index contributed by atoms with van der Waals surface area (Å²) in [6.07, 6.45) is 0. The zero-order valence-corrected chi connectivity index (χ0v) is 13.8. The molecule has 3 aromatic heterocycles. The van der Waals surface area contributed by atoms with Crippen LogP contribution in [0.1, 0.15) is 12.5 Å². The molecule has 0 aliphatic rings. The van der Waals surface area contributed by atoms with Crippen LogP contribution in [0.5, 0.6) is 0 Å². The van der Waals surface area contributed by atoms with Crippen molar-refractivity contribution in [2.75, 3.05) is 5.75 Å². The molecular weight excluding hydrogens is 316 g/mol.